The van der Waals surface area contributed by atoms with E-state index in [2.05, 4.69) is 10.4 Å². The molecule has 0 bridgehead atoms. The number of nitrogens with zero attached hydrogens (tertiary/aromatic N) is 4. The highest BCUT2D eigenvalue weighted by atomic mass is 16.2. The maximum Gasteiger partial charge on any atom is 0.318 e. The van der Waals surface area contributed by atoms with Gasteiger partial charge in [0.25, 0.3) is 0 Å². The zero-order chi connectivity index (χ0) is 16.4. The van der Waals surface area contributed by atoms with E-state index in [1.807, 2.05) is 22.9 Å². The second-order valence-corrected chi connectivity index (χ2v) is 6.50. The van der Waals surface area contributed by atoms with Gasteiger partial charge >= 0.3 is 6.03 Å². The molecule has 0 aromatic carbocycles. The summed E-state index contributed by atoms with van der Waals surface area (Å²) in [7, 11) is 1.86. The monoisotopic (exact) mass is 319 g/mol. The Labute approximate surface area is 136 Å². The fourth-order valence-electron chi connectivity index (χ4n) is 3.28. The molecule has 1 atom stereocenters. The van der Waals surface area contributed by atoms with Crippen LogP contribution in [0.15, 0.2) is 12.3 Å². The summed E-state index contributed by atoms with van der Waals surface area (Å²) < 4.78 is 1.76. The summed E-state index contributed by atoms with van der Waals surface area (Å²) in [5.41, 5.74) is 0.970. The molecule has 0 radical (unpaired) electrons. The third kappa shape index (κ3) is 3.65. The van der Waals surface area contributed by atoms with Crippen molar-refractivity contribution in [3.8, 4) is 0 Å². The van der Waals surface area contributed by atoms with E-state index in [1.54, 1.807) is 17.8 Å². The lowest BCUT2D eigenvalue weighted by atomic mass is 10.2. The molecule has 3 rings (SSSR count). The topological polar surface area (TPSA) is 70.5 Å². The van der Waals surface area contributed by atoms with Crippen molar-refractivity contribution in [2.24, 2.45) is 7.05 Å². The van der Waals surface area contributed by atoms with Crippen molar-refractivity contribution in [3.05, 3.63) is 18.0 Å². The quantitative estimate of drug-likeness (QED) is 0.883. The molecule has 2 aliphatic rings. The van der Waals surface area contributed by atoms with Crippen LogP contribution in [0.4, 0.5) is 4.79 Å². The Balaban J connectivity index is 1.56. The van der Waals surface area contributed by atoms with Gasteiger partial charge in [0.2, 0.25) is 5.91 Å². The van der Waals surface area contributed by atoms with Gasteiger partial charge in [-0.1, -0.05) is 0 Å². The molecule has 7 heteroatoms. The van der Waals surface area contributed by atoms with Gasteiger partial charge < -0.3 is 15.1 Å². The van der Waals surface area contributed by atoms with Crippen molar-refractivity contribution in [2.45, 2.75) is 51.2 Å². The third-order valence-electron chi connectivity index (χ3n) is 4.78. The van der Waals surface area contributed by atoms with Crippen LogP contribution in [0.2, 0.25) is 0 Å². The normalized spacial score (nSPS) is 20.6. The molecule has 0 spiro atoms. The van der Waals surface area contributed by atoms with Gasteiger partial charge in [0.1, 0.15) is 0 Å². The average molecular weight is 319 g/mol. The Morgan fingerprint density at radius 3 is 2.78 bits per heavy atom. The predicted molar refractivity (Wildman–Crippen MR) is 85.6 cm³/mol. The van der Waals surface area contributed by atoms with Crippen LogP contribution in [-0.4, -0.2) is 56.7 Å². The molecule has 1 aliphatic heterocycles. The molecule has 1 saturated heterocycles. The molecule has 1 aromatic heterocycles. The van der Waals surface area contributed by atoms with Crippen LogP contribution in [0.1, 0.15) is 38.3 Å². The first-order valence-electron chi connectivity index (χ1n) is 8.35. The molecule has 2 heterocycles. The van der Waals surface area contributed by atoms with Gasteiger partial charge in [0.15, 0.2) is 0 Å². The number of carbonyl (C=O) groups excluding carboxylic acids is 2. The number of aryl methyl sites for hydroxylation is 1. The second-order valence-electron chi connectivity index (χ2n) is 6.50. The first-order chi connectivity index (χ1) is 11.1. The molecular weight excluding hydrogens is 294 g/mol. The van der Waals surface area contributed by atoms with Crippen molar-refractivity contribution in [2.75, 3.05) is 13.1 Å². The summed E-state index contributed by atoms with van der Waals surface area (Å²) in [4.78, 5) is 28.1. The van der Waals surface area contributed by atoms with Crippen molar-refractivity contribution in [1.29, 1.82) is 0 Å². The van der Waals surface area contributed by atoms with E-state index in [-0.39, 0.29) is 18.0 Å². The van der Waals surface area contributed by atoms with E-state index in [1.165, 1.54) is 0 Å². The van der Waals surface area contributed by atoms with Crippen molar-refractivity contribution in [3.63, 3.8) is 0 Å². The lowest BCUT2D eigenvalue weighted by Gasteiger charge is -2.30. The van der Waals surface area contributed by atoms with Crippen LogP contribution in [-0.2, 0) is 18.4 Å². The number of rotatable bonds is 5. The smallest absolute Gasteiger partial charge is 0.318 e. The maximum atomic E-state index is 12.5. The van der Waals surface area contributed by atoms with Crippen LogP contribution < -0.4 is 5.32 Å². The van der Waals surface area contributed by atoms with Crippen LogP contribution in [0, 0.1) is 0 Å². The molecular formula is C16H25N5O2. The molecule has 3 amide bonds. The number of hydrogen-bond donors (Lipinski definition) is 1. The van der Waals surface area contributed by atoms with E-state index in [0.29, 0.717) is 19.1 Å². The molecule has 1 unspecified atom stereocenters. The Morgan fingerprint density at radius 1 is 1.39 bits per heavy atom. The van der Waals surface area contributed by atoms with E-state index in [9.17, 15) is 9.59 Å². The van der Waals surface area contributed by atoms with Crippen molar-refractivity contribution in [1.82, 2.24) is 24.9 Å². The fourth-order valence-corrected chi connectivity index (χ4v) is 3.28. The lowest BCUT2D eigenvalue weighted by molar-refractivity contribution is -0.130. The average Bonchev–Trinajstić information content (AvgIpc) is 3.10. The van der Waals surface area contributed by atoms with E-state index in [0.717, 1.165) is 37.9 Å². The third-order valence-corrected chi connectivity index (χ3v) is 4.78. The number of carbonyl (C=O) groups is 2. The summed E-state index contributed by atoms with van der Waals surface area (Å²) in [5, 5.41) is 7.07. The molecule has 1 N–H and O–H groups in total. The van der Waals surface area contributed by atoms with Gasteiger partial charge in [0.05, 0.1) is 18.3 Å². The van der Waals surface area contributed by atoms with Crippen LogP contribution in [0.25, 0.3) is 0 Å². The summed E-state index contributed by atoms with van der Waals surface area (Å²) in [5.74, 6) is 0.120. The minimum absolute atomic E-state index is 0.0481. The predicted octanol–water partition coefficient (Wildman–Crippen LogP) is 1.10. The molecule has 23 heavy (non-hydrogen) atoms. The first-order valence-corrected chi connectivity index (χ1v) is 8.35. The van der Waals surface area contributed by atoms with Crippen LogP contribution >= 0.6 is 0 Å². The molecule has 2 fully saturated rings. The van der Waals surface area contributed by atoms with Gasteiger partial charge in [-0.05, 0) is 31.7 Å². The highest BCUT2D eigenvalue weighted by molar-refractivity contribution is 5.76. The number of amides is 3. The fraction of sp³-hybridized carbons (Fsp3) is 0.688. The van der Waals surface area contributed by atoms with Crippen LogP contribution in [0.5, 0.6) is 0 Å². The Morgan fingerprint density at radius 2 is 2.17 bits per heavy atom. The van der Waals surface area contributed by atoms with Crippen LogP contribution in [0.3, 0.4) is 0 Å². The van der Waals surface area contributed by atoms with Gasteiger partial charge in [-0.2, -0.15) is 5.10 Å². The van der Waals surface area contributed by atoms with Gasteiger partial charge in [-0.25, -0.2) is 4.79 Å². The molecule has 126 valence electrons. The zero-order valence-electron chi connectivity index (χ0n) is 13.9. The van der Waals surface area contributed by atoms with Crippen molar-refractivity contribution >= 4 is 11.9 Å². The van der Waals surface area contributed by atoms with Gasteiger partial charge in [-0.15, -0.1) is 0 Å². The first kappa shape index (κ1) is 15.8. The number of hydrogen-bond acceptors (Lipinski definition) is 3. The number of nitrogens with one attached hydrogen (secondary N) is 1. The standard InChI is InChI=1S/C16H25N5O2/c1-12(22)21(13-5-6-13)11-15-4-3-9-20(15)16(23)17-10-14-7-8-18-19(14)2/h7-8,13,15H,3-6,9-11H2,1-2H3,(H,17,23). The molecule has 1 aromatic rings. The highest BCUT2D eigenvalue weighted by Gasteiger charge is 2.36. The Hall–Kier alpha value is -2.05. The Kier molecular flexibility index (Phi) is 4.54. The zero-order valence-corrected chi connectivity index (χ0v) is 13.9. The molecule has 1 aliphatic carbocycles. The summed E-state index contributed by atoms with van der Waals surface area (Å²) in [6.07, 6.45) is 5.88. The van der Waals surface area contributed by atoms with E-state index >= 15 is 0 Å². The van der Waals surface area contributed by atoms with Gasteiger partial charge in [0, 0.05) is 39.3 Å². The largest absolute Gasteiger partial charge is 0.338 e. The highest BCUT2D eigenvalue weighted by Crippen LogP contribution is 2.29. The second kappa shape index (κ2) is 6.60. The number of likely N-dealkylation sites (tertiary alicyclic amines) is 1. The summed E-state index contributed by atoms with van der Waals surface area (Å²) in [6.45, 7) is 3.52. The minimum atomic E-state index is -0.0481. The minimum Gasteiger partial charge on any atom is -0.338 e. The van der Waals surface area contributed by atoms with Gasteiger partial charge in [-0.3, -0.25) is 9.48 Å². The SMILES string of the molecule is CC(=O)N(CC1CCCN1C(=O)NCc1ccnn1C)C1CC1. The van der Waals surface area contributed by atoms with Crippen molar-refractivity contribution < 1.29 is 9.59 Å². The summed E-state index contributed by atoms with van der Waals surface area (Å²) >= 11 is 0. The van der Waals surface area contributed by atoms with E-state index < -0.39 is 0 Å². The number of aromatic nitrogens is 2. The molecule has 7 nitrogen and oxygen atoms in total. The maximum absolute atomic E-state index is 12.5. The summed E-state index contributed by atoms with van der Waals surface area (Å²) in [6, 6.07) is 2.37. The number of urea groups is 1. The molecule has 1 saturated carbocycles. The Bertz CT molecular complexity index is 581. The lowest BCUT2D eigenvalue weighted by Crippen LogP contribution is -2.48. The van der Waals surface area contributed by atoms with E-state index in [4.69, 9.17) is 0 Å².